The maximum absolute atomic E-state index is 6.86. The second-order valence-electron chi connectivity index (χ2n) is 6.66. The summed E-state index contributed by atoms with van der Waals surface area (Å²) in [7, 11) is 0. The molecule has 1 saturated carbocycles. The summed E-state index contributed by atoms with van der Waals surface area (Å²) in [5.41, 5.74) is 8.28. The lowest BCUT2D eigenvalue weighted by Crippen LogP contribution is -2.50. The topological polar surface area (TPSA) is 35.2 Å². The van der Waals surface area contributed by atoms with Crippen LogP contribution in [-0.2, 0) is 0 Å². The Morgan fingerprint density at radius 1 is 1.25 bits per heavy atom. The number of benzene rings is 1. The van der Waals surface area contributed by atoms with Crippen LogP contribution in [0.15, 0.2) is 24.3 Å². The molecular weight excluding hydrogens is 246 g/mol. The smallest absolute Gasteiger partial charge is 0.122 e. The third kappa shape index (κ3) is 2.58. The molecule has 1 aromatic rings. The lowest BCUT2D eigenvalue weighted by Gasteiger charge is -2.44. The Kier molecular flexibility index (Phi) is 4.02. The van der Waals surface area contributed by atoms with Gasteiger partial charge in [-0.1, -0.05) is 44.4 Å². The number of hydrogen-bond donors (Lipinski definition) is 1. The van der Waals surface area contributed by atoms with Gasteiger partial charge in [0.2, 0.25) is 0 Å². The summed E-state index contributed by atoms with van der Waals surface area (Å²) in [6.07, 6.45) is 8.65. The van der Waals surface area contributed by atoms with Crippen molar-refractivity contribution in [1.29, 1.82) is 0 Å². The van der Waals surface area contributed by atoms with E-state index in [1.54, 1.807) is 0 Å². The summed E-state index contributed by atoms with van der Waals surface area (Å²) in [6.45, 7) is 3.14. The standard InChI is InChI=1S/C18H27NO/c1-2-15-7-5-6-11-18(15,19)13-14-10-12-20-17-9-4-3-8-16(14)17/h3-4,8-9,14-15H,2,5-7,10-13,19H2,1H3. The van der Waals surface area contributed by atoms with Crippen LogP contribution < -0.4 is 10.5 Å². The van der Waals surface area contributed by atoms with Crippen molar-refractivity contribution in [3.8, 4) is 5.75 Å². The number of rotatable bonds is 3. The zero-order chi connectivity index (χ0) is 14.0. The molecule has 3 atom stereocenters. The SMILES string of the molecule is CCC1CCCCC1(N)CC1CCOc2ccccc21. The Hall–Kier alpha value is -1.02. The summed E-state index contributed by atoms with van der Waals surface area (Å²) >= 11 is 0. The molecule has 1 fully saturated rings. The van der Waals surface area contributed by atoms with E-state index in [1.165, 1.54) is 37.7 Å². The van der Waals surface area contributed by atoms with Gasteiger partial charge in [0.15, 0.2) is 0 Å². The fraction of sp³-hybridized carbons (Fsp3) is 0.667. The van der Waals surface area contributed by atoms with Crippen molar-refractivity contribution in [1.82, 2.24) is 0 Å². The summed E-state index contributed by atoms with van der Waals surface area (Å²) in [4.78, 5) is 0. The highest BCUT2D eigenvalue weighted by Gasteiger charge is 2.39. The van der Waals surface area contributed by atoms with E-state index in [0.29, 0.717) is 11.8 Å². The van der Waals surface area contributed by atoms with Gasteiger partial charge in [-0.05, 0) is 49.1 Å². The Morgan fingerprint density at radius 2 is 2.10 bits per heavy atom. The van der Waals surface area contributed by atoms with Crippen molar-refractivity contribution in [2.45, 2.75) is 63.3 Å². The van der Waals surface area contributed by atoms with Crippen LogP contribution in [0, 0.1) is 5.92 Å². The monoisotopic (exact) mass is 273 g/mol. The van der Waals surface area contributed by atoms with Crippen molar-refractivity contribution < 1.29 is 4.74 Å². The van der Waals surface area contributed by atoms with Gasteiger partial charge in [0.25, 0.3) is 0 Å². The molecule has 0 amide bonds. The Bertz CT molecular complexity index is 458. The Balaban J connectivity index is 1.80. The second-order valence-corrected chi connectivity index (χ2v) is 6.66. The van der Waals surface area contributed by atoms with Crippen LogP contribution in [0.1, 0.15) is 63.4 Å². The van der Waals surface area contributed by atoms with Crippen LogP contribution in [0.4, 0.5) is 0 Å². The summed E-state index contributed by atoms with van der Waals surface area (Å²) in [5, 5.41) is 0. The van der Waals surface area contributed by atoms with Gasteiger partial charge in [-0.2, -0.15) is 0 Å². The van der Waals surface area contributed by atoms with E-state index in [4.69, 9.17) is 10.5 Å². The van der Waals surface area contributed by atoms with Crippen molar-refractivity contribution in [2.24, 2.45) is 11.7 Å². The highest BCUT2D eigenvalue weighted by Crippen LogP contribution is 2.44. The molecule has 1 heterocycles. The molecule has 0 saturated heterocycles. The molecule has 3 rings (SSSR count). The molecule has 0 bridgehead atoms. The normalized spacial score (nSPS) is 33.3. The van der Waals surface area contributed by atoms with E-state index >= 15 is 0 Å². The van der Waals surface area contributed by atoms with Gasteiger partial charge in [0, 0.05) is 5.54 Å². The largest absolute Gasteiger partial charge is 0.493 e. The van der Waals surface area contributed by atoms with Crippen molar-refractivity contribution in [3.05, 3.63) is 29.8 Å². The first-order chi connectivity index (χ1) is 9.73. The molecule has 1 aromatic carbocycles. The molecule has 110 valence electrons. The van der Waals surface area contributed by atoms with Crippen LogP contribution in [0.5, 0.6) is 5.75 Å². The maximum Gasteiger partial charge on any atom is 0.122 e. The first kappa shape index (κ1) is 13.9. The zero-order valence-electron chi connectivity index (χ0n) is 12.6. The minimum Gasteiger partial charge on any atom is -0.493 e. The predicted molar refractivity (Wildman–Crippen MR) is 83.1 cm³/mol. The minimum atomic E-state index is 0.0438. The highest BCUT2D eigenvalue weighted by molar-refractivity contribution is 5.38. The highest BCUT2D eigenvalue weighted by atomic mass is 16.5. The molecule has 0 spiro atoms. The molecule has 2 N–H and O–H groups in total. The van der Waals surface area contributed by atoms with E-state index in [9.17, 15) is 0 Å². The van der Waals surface area contributed by atoms with E-state index < -0.39 is 0 Å². The number of nitrogens with two attached hydrogens (primary N) is 1. The first-order valence-electron chi connectivity index (χ1n) is 8.23. The molecule has 1 aliphatic heterocycles. The lowest BCUT2D eigenvalue weighted by molar-refractivity contribution is 0.148. The summed E-state index contributed by atoms with van der Waals surface area (Å²) in [6, 6.07) is 8.52. The number of para-hydroxylation sites is 1. The molecule has 2 nitrogen and oxygen atoms in total. The van der Waals surface area contributed by atoms with Gasteiger partial charge in [-0.15, -0.1) is 0 Å². The quantitative estimate of drug-likeness (QED) is 0.894. The lowest BCUT2D eigenvalue weighted by atomic mass is 9.67. The predicted octanol–water partition coefficient (Wildman–Crippen LogP) is 4.24. The van der Waals surface area contributed by atoms with E-state index in [1.807, 2.05) is 0 Å². The van der Waals surface area contributed by atoms with Gasteiger partial charge in [0.1, 0.15) is 5.75 Å². The van der Waals surface area contributed by atoms with Gasteiger partial charge < -0.3 is 10.5 Å². The fourth-order valence-corrected chi connectivity index (χ4v) is 4.30. The van der Waals surface area contributed by atoms with Gasteiger partial charge >= 0.3 is 0 Å². The average Bonchev–Trinajstić information content (AvgIpc) is 2.48. The molecular formula is C18H27NO. The third-order valence-electron chi connectivity index (χ3n) is 5.46. The van der Waals surface area contributed by atoms with E-state index in [2.05, 4.69) is 31.2 Å². The average molecular weight is 273 g/mol. The molecule has 0 aromatic heterocycles. The molecule has 3 unspecified atom stereocenters. The molecule has 1 aliphatic carbocycles. The van der Waals surface area contributed by atoms with Crippen molar-refractivity contribution in [3.63, 3.8) is 0 Å². The Labute approximate surface area is 122 Å². The van der Waals surface area contributed by atoms with Crippen LogP contribution >= 0.6 is 0 Å². The molecule has 2 heteroatoms. The summed E-state index contributed by atoms with van der Waals surface area (Å²) in [5.74, 6) is 2.36. The maximum atomic E-state index is 6.86. The minimum absolute atomic E-state index is 0.0438. The Morgan fingerprint density at radius 3 is 2.95 bits per heavy atom. The van der Waals surface area contributed by atoms with E-state index in [-0.39, 0.29) is 5.54 Å². The van der Waals surface area contributed by atoms with Gasteiger partial charge in [-0.25, -0.2) is 0 Å². The van der Waals surface area contributed by atoms with Crippen molar-refractivity contribution in [2.75, 3.05) is 6.61 Å². The van der Waals surface area contributed by atoms with Crippen LogP contribution in [0.3, 0.4) is 0 Å². The molecule has 0 radical (unpaired) electrons. The molecule has 20 heavy (non-hydrogen) atoms. The first-order valence-corrected chi connectivity index (χ1v) is 8.23. The van der Waals surface area contributed by atoms with Crippen LogP contribution in [-0.4, -0.2) is 12.1 Å². The van der Waals surface area contributed by atoms with Crippen LogP contribution in [0.25, 0.3) is 0 Å². The number of fused-ring (bicyclic) bond motifs is 1. The van der Waals surface area contributed by atoms with Gasteiger partial charge in [-0.3, -0.25) is 0 Å². The third-order valence-corrected chi connectivity index (χ3v) is 5.46. The van der Waals surface area contributed by atoms with Crippen molar-refractivity contribution >= 4 is 0 Å². The number of hydrogen-bond acceptors (Lipinski definition) is 2. The zero-order valence-corrected chi connectivity index (χ0v) is 12.6. The fourth-order valence-electron chi connectivity index (χ4n) is 4.30. The second kappa shape index (κ2) is 5.77. The number of ether oxygens (including phenoxy) is 1. The van der Waals surface area contributed by atoms with E-state index in [0.717, 1.165) is 25.2 Å². The van der Waals surface area contributed by atoms with Gasteiger partial charge in [0.05, 0.1) is 6.61 Å². The van der Waals surface area contributed by atoms with Crippen LogP contribution in [0.2, 0.25) is 0 Å². The molecule has 2 aliphatic rings. The summed E-state index contributed by atoms with van der Waals surface area (Å²) < 4.78 is 5.79.